The first-order chi connectivity index (χ1) is 13.6. The van der Waals surface area contributed by atoms with E-state index in [4.69, 9.17) is 9.72 Å². The van der Waals surface area contributed by atoms with Crippen LogP contribution in [0.25, 0.3) is 10.2 Å². The van der Waals surface area contributed by atoms with Crippen molar-refractivity contribution in [3.05, 3.63) is 41.2 Å². The molecule has 1 aliphatic rings. The van der Waals surface area contributed by atoms with Gasteiger partial charge in [-0.2, -0.15) is 5.10 Å². The van der Waals surface area contributed by atoms with Crippen LogP contribution in [0.4, 0.5) is 5.13 Å². The van der Waals surface area contributed by atoms with Crippen LogP contribution in [0.15, 0.2) is 24.3 Å². The number of anilines is 1. The first kappa shape index (κ1) is 19.1. The molecule has 0 N–H and O–H groups in total. The fourth-order valence-electron chi connectivity index (χ4n) is 3.63. The molecule has 0 bridgehead atoms. The third-order valence-corrected chi connectivity index (χ3v) is 6.20. The van der Waals surface area contributed by atoms with Crippen molar-refractivity contribution in [1.29, 1.82) is 0 Å². The van der Waals surface area contributed by atoms with E-state index in [1.165, 1.54) is 5.56 Å². The summed E-state index contributed by atoms with van der Waals surface area (Å²) in [5, 5.41) is 5.17. The SMILES string of the molecule is CCc1ccc2nc(N(CC3CCCO3)C(=O)c3cc(C)nn3CC)sc2c1. The molecule has 1 saturated heterocycles. The van der Waals surface area contributed by atoms with Gasteiger partial charge in [-0.1, -0.05) is 24.3 Å². The molecule has 28 heavy (non-hydrogen) atoms. The van der Waals surface area contributed by atoms with Gasteiger partial charge in [-0.05, 0) is 56.9 Å². The Morgan fingerprint density at radius 3 is 2.93 bits per heavy atom. The molecule has 4 rings (SSSR count). The number of fused-ring (bicyclic) bond motifs is 1. The van der Waals surface area contributed by atoms with Crippen molar-refractivity contribution in [2.45, 2.75) is 52.7 Å². The maximum Gasteiger partial charge on any atom is 0.278 e. The van der Waals surface area contributed by atoms with E-state index in [0.29, 0.717) is 18.8 Å². The molecule has 1 fully saturated rings. The lowest BCUT2D eigenvalue weighted by Gasteiger charge is -2.23. The fourth-order valence-corrected chi connectivity index (χ4v) is 4.67. The summed E-state index contributed by atoms with van der Waals surface area (Å²) in [4.78, 5) is 20.1. The van der Waals surface area contributed by atoms with Crippen LogP contribution in [-0.4, -0.2) is 39.9 Å². The zero-order valence-electron chi connectivity index (χ0n) is 16.6. The van der Waals surface area contributed by atoms with Gasteiger partial charge in [0.2, 0.25) is 0 Å². The van der Waals surface area contributed by atoms with Gasteiger partial charge in [-0.25, -0.2) is 4.98 Å². The second kappa shape index (κ2) is 8.01. The van der Waals surface area contributed by atoms with Crippen LogP contribution in [0.3, 0.4) is 0 Å². The number of rotatable bonds is 6. The quantitative estimate of drug-likeness (QED) is 0.624. The number of aromatic nitrogens is 3. The highest BCUT2D eigenvalue weighted by Crippen LogP contribution is 2.31. The largest absolute Gasteiger partial charge is 0.376 e. The molecule has 3 heterocycles. The van der Waals surface area contributed by atoms with Crippen LogP contribution in [-0.2, 0) is 17.7 Å². The molecule has 1 aromatic carbocycles. The lowest BCUT2D eigenvalue weighted by Crippen LogP contribution is -2.38. The summed E-state index contributed by atoms with van der Waals surface area (Å²) in [6.07, 6.45) is 3.05. The van der Waals surface area contributed by atoms with E-state index in [9.17, 15) is 4.79 Å². The molecule has 0 spiro atoms. The number of hydrogen-bond acceptors (Lipinski definition) is 5. The van der Waals surface area contributed by atoms with Gasteiger partial charge in [0, 0.05) is 13.2 Å². The Labute approximate surface area is 169 Å². The number of thiazole rings is 1. The second-order valence-corrected chi connectivity index (χ2v) is 8.20. The summed E-state index contributed by atoms with van der Waals surface area (Å²) in [5.74, 6) is -0.0623. The van der Waals surface area contributed by atoms with Crippen molar-refractivity contribution >= 4 is 32.6 Å². The number of aryl methyl sites for hydroxylation is 3. The number of nitrogens with zero attached hydrogens (tertiary/aromatic N) is 4. The number of amides is 1. The minimum Gasteiger partial charge on any atom is -0.376 e. The Balaban J connectivity index is 1.73. The van der Waals surface area contributed by atoms with Crippen LogP contribution in [0.5, 0.6) is 0 Å². The van der Waals surface area contributed by atoms with Gasteiger partial charge in [0.15, 0.2) is 5.13 Å². The van der Waals surface area contributed by atoms with Crippen molar-refractivity contribution in [3.63, 3.8) is 0 Å². The van der Waals surface area contributed by atoms with E-state index in [-0.39, 0.29) is 12.0 Å². The monoisotopic (exact) mass is 398 g/mol. The van der Waals surface area contributed by atoms with Crippen LogP contribution in [0.1, 0.15) is 48.4 Å². The lowest BCUT2D eigenvalue weighted by atomic mass is 10.2. The summed E-state index contributed by atoms with van der Waals surface area (Å²) < 4.78 is 8.70. The molecule has 7 heteroatoms. The Bertz CT molecular complexity index is 988. The molecule has 3 aromatic rings. The summed E-state index contributed by atoms with van der Waals surface area (Å²) in [6.45, 7) is 7.99. The topological polar surface area (TPSA) is 60.3 Å². The lowest BCUT2D eigenvalue weighted by molar-refractivity contribution is 0.0908. The predicted octanol–water partition coefficient (Wildman–Crippen LogP) is 4.21. The summed E-state index contributed by atoms with van der Waals surface area (Å²) >= 11 is 1.57. The number of carbonyl (C=O) groups is 1. The van der Waals surface area contributed by atoms with E-state index in [1.807, 2.05) is 26.0 Å². The van der Waals surface area contributed by atoms with Crippen molar-refractivity contribution in [3.8, 4) is 0 Å². The molecule has 0 saturated carbocycles. The van der Waals surface area contributed by atoms with E-state index in [1.54, 1.807) is 20.9 Å². The van der Waals surface area contributed by atoms with E-state index in [0.717, 1.165) is 46.9 Å². The molecule has 1 unspecified atom stereocenters. The summed E-state index contributed by atoms with van der Waals surface area (Å²) in [6, 6.07) is 8.18. The number of ether oxygens (including phenoxy) is 1. The fraction of sp³-hybridized carbons (Fsp3) is 0.476. The molecule has 1 amide bonds. The average Bonchev–Trinajstić information content (AvgIpc) is 3.43. The molecule has 6 nitrogen and oxygen atoms in total. The van der Waals surface area contributed by atoms with Crippen LogP contribution in [0.2, 0.25) is 0 Å². The van der Waals surface area contributed by atoms with Crippen molar-refractivity contribution in [2.75, 3.05) is 18.1 Å². The standard InChI is InChI=1S/C21H26N4O2S/c1-4-15-8-9-17-19(12-15)28-21(22-17)24(13-16-7-6-10-27-16)20(26)18-11-14(3)23-25(18)5-2/h8-9,11-12,16H,4-7,10,13H2,1-3H3. The van der Waals surface area contributed by atoms with Crippen molar-refractivity contribution in [2.24, 2.45) is 0 Å². The van der Waals surface area contributed by atoms with Crippen molar-refractivity contribution < 1.29 is 9.53 Å². The van der Waals surface area contributed by atoms with Crippen LogP contribution < -0.4 is 4.90 Å². The van der Waals surface area contributed by atoms with Gasteiger partial charge in [-0.15, -0.1) is 0 Å². The summed E-state index contributed by atoms with van der Waals surface area (Å²) in [5.41, 5.74) is 3.66. The van der Waals surface area contributed by atoms with Gasteiger partial charge in [0.1, 0.15) is 5.69 Å². The Morgan fingerprint density at radius 1 is 1.36 bits per heavy atom. The second-order valence-electron chi connectivity index (χ2n) is 7.19. The third kappa shape index (κ3) is 3.69. The minimum absolute atomic E-state index is 0.0567. The molecule has 1 atom stereocenters. The zero-order chi connectivity index (χ0) is 19.7. The highest BCUT2D eigenvalue weighted by molar-refractivity contribution is 7.22. The van der Waals surface area contributed by atoms with Gasteiger partial charge >= 0.3 is 0 Å². The number of hydrogen-bond donors (Lipinski definition) is 0. The van der Waals surface area contributed by atoms with E-state index < -0.39 is 0 Å². The predicted molar refractivity (Wildman–Crippen MR) is 112 cm³/mol. The molecule has 0 aliphatic carbocycles. The Kier molecular flexibility index (Phi) is 5.46. The normalized spacial score (nSPS) is 16.8. The molecule has 0 radical (unpaired) electrons. The summed E-state index contributed by atoms with van der Waals surface area (Å²) in [7, 11) is 0. The van der Waals surface area contributed by atoms with Gasteiger partial charge in [-0.3, -0.25) is 14.4 Å². The highest BCUT2D eigenvalue weighted by atomic mass is 32.1. The van der Waals surface area contributed by atoms with Gasteiger partial charge in [0.05, 0.1) is 28.6 Å². The van der Waals surface area contributed by atoms with Gasteiger partial charge < -0.3 is 4.74 Å². The highest BCUT2D eigenvalue weighted by Gasteiger charge is 2.29. The maximum atomic E-state index is 13.5. The third-order valence-electron chi connectivity index (χ3n) is 5.16. The molecule has 1 aliphatic heterocycles. The van der Waals surface area contributed by atoms with Crippen LogP contribution in [0, 0.1) is 6.92 Å². The zero-order valence-corrected chi connectivity index (χ0v) is 17.5. The molecular formula is C21H26N4O2S. The Hall–Kier alpha value is -2.25. The Morgan fingerprint density at radius 2 is 2.21 bits per heavy atom. The average molecular weight is 399 g/mol. The number of carbonyl (C=O) groups excluding carboxylic acids is 1. The van der Waals surface area contributed by atoms with Gasteiger partial charge in [0.25, 0.3) is 5.91 Å². The van der Waals surface area contributed by atoms with Crippen molar-refractivity contribution in [1.82, 2.24) is 14.8 Å². The molecular weight excluding hydrogens is 372 g/mol. The minimum atomic E-state index is -0.0623. The smallest absolute Gasteiger partial charge is 0.278 e. The molecule has 148 valence electrons. The first-order valence-electron chi connectivity index (χ1n) is 9.96. The number of benzene rings is 1. The first-order valence-corrected chi connectivity index (χ1v) is 10.8. The van der Waals surface area contributed by atoms with E-state index >= 15 is 0 Å². The van der Waals surface area contributed by atoms with E-state index in [2.05, 4.69) is 24.2 Å². The molecule has 2 aromatic heterocycles. The maximum absolute atomic E-state index is 13.5. The van der Waals surface area contributed by atoms with Crippen LogP contribution >= 0.6 is 11.3 Å².